The number of carbonyl (C=O) groups is 1. The number of carbonyl (C=O) groups excluding carboxylic acids is 1. The number of aromatic nitrogens is 1. The van der Waals surface area contributed by atoms with E-state index in [0.29, 0.717) is 12.2 Å². The first-order valence-corrected chi connectivity index (χ1v) is 7.00. The molecule has 0 saturated carbocycles. The lowest BCUT2D eigenvalue weighted by Crippen LogP contribution is -2.36. The predicted octanol–water partition coefficient (Wildman–Crippen LogP) is 1.78. The molecule has 1 amide bonds. The Kier molecular flexibility index (Phi) is 4.88. The van der Waals surface area contributed by atoms with E-state index in [9.17, 15) is 9.90 Å². The summed E-state index contributed by atoms with van der Waals surface area (Å²) in [6.45, 7) is 0.470. The van der Waals surface area contributed by atoms with Gasteiger partial charge < -0.3 is 10.0 Å². The lowest BCUT2D eigenvalue weighted by Gasteiger charge is -2.23. The first-order chi connectivity index (χ1) is 9.70. The zero-order valence-corrected chi connectivity index (χ0v) is 11.6. The van der Waals surface area contributed by atoms with E-state index in [1.54, 1.807) is 10.9 Å². The highest BCUT2D eigenvalue weighted by Gasteiger charge is 2.20. The highest BCUT2D eigenvalue weighted by molar-refractivity contribution is 7.07. The molecule has 0 aliphatic rings. The van der Waals surface area contributed by atoms with Crippen LogP contribution in [0.5, 0.6) is 0 Å². The van der Waals surface area contributed by atoms with Gasteiger partial charge in [0.1, 0.15) is 11.8 Å². The van der Waals surface area contributed by atoms with Crippen LogP contribution in [0.3, 0.4) is 0 Å². The Morgan fingerprint density at radius 3 is 2.80 bits per heavy atom. The van der Waals surface area contributed by atoms with Crippen molar-refractivity contribution in [3.05, 3.63) is 52.5 Å². The fraction of sp³-hybridized carbons (Fsp3) is 0.200. The molecule has 1 unspecified atom stereocenters. The minimum Gasteiger partial charge on any atom is -0.379 e. The molecule has 2 aromatic rings. The Labute approximate surface area is 121 Å². The zero-order valence-electron chi connectivity index (χ0n) is 10.8. The molecule has 102 valence electrons. The third-order valence-corrected chi connectivity index (χ3v) is 3.33. The van der Waals surface area contributed by atoms with Crippen LogP contribution >= 0.6 is 11.3 Å². The molecule has 1 aromatic heterocycles. The molecule has 1 N–H and O–H groups in total. The molecule has 0 radical (unpaired) electrons. The number of hydrogen-bond acceptors (Lipinski definition) is 4. The molecule has 20 heavy (non-hydrogen) atoms. The van der Waals surface area contributed by atoms with Crippen LogP contribution < -0.4 is 0 Å². The molecule has 4 nitrogen and oxygen atoms in total. The van der Waals surface area contributed by atoms with E-state index in [2.05, 4.69) is 10.9 Å². The Morgan fingerprint density at radius 2 is 2.20 bits per heavy atom. The number of terminal acetylenes is 1. The van der Waals surface area contributed by atoms with Crippen LogP contribution in [0.1, 0.15) is 16.1 Å². The first kappa shape index (κ1) is 14.3. The van der Waals surface area contributed by atoms with Crippen LogP contribution in [0, 0.1) is 12.3 Å². The van der Waals surface area contributed by atoms with Crippen molar-refractivity contribution in [3.8, 4) is 12.3 Å². The quantitative estimate of drug-likeness (QED) is 0.852. The number of amides is 1. The Hall–Kier alpha value is -2.16. The normalized spacial score (nSPS) is 11.6. The molecular formula is C15H14N2O2S. The van der Waals surface area contributed by atoms with E-state index in [0.717, 1.165) is 5.56 Å². The maximum absolute atomic E-state index is 12.4. The molecule has 0 aliphatic carbocycles. The van der Waals surface area contributed by atoms with Crippen molar-refractivity contribution in [2.24, 2.45) is 0 Å². The maximum Gasteiger partial charge on any atom is 0.273 e. The topological polar surface area (TPSA) is 53.4 Å². The van der Waals surface area contributed by atoms with Gasteiger partial charge in [-0.05, 0) is 5.56 Å². The molecule has 0 spiro atoms. The average Bonchev–Trinajstić information content (AvgIpc) is 3.01. The number of aliphatic hydroxyl groups is 1. The van der Waals surface area contributed by atoms with E-state index in [1.165, 1.54) is 16.2 Å². The van der Waals surface area contributed by atoms with Crippen molar-refractivity contribution in [2.45, 2.75) is 12.6 Å². The minimum atomic E-state index is -0.985. The van der Waals surface area contributed by atoms with Gasteiger partial charge in [0.25, 0.3) is 5.91 Å². The van der Waals surface area contributed by atoms with Crippen molar-refractivity contribution >= 4 is 17.2 Å². The van der Waals surface area contributed by atoms with E-state index < -0.39 is 6.10 Å². The van der Waals surface area contributed by atoms with Gasteiger partial charge in [-0.1, -0.05) is 36.3 Å². The van der Waals surface area contributed by atoms with E-state index in [4.69, 9.17) is 6.42 Å². The molecule has 1 aromatic carbocycles. The van der Waals surface area contributed by atoms with Crippen molar-refractivity contribution in [1.82, 2.24) is 9.88 Å². The summed E-state index contributed by atoms with van der Waals surface area (Å²) in [5.74, 6) is 1.99. The van der Waals surface area contributed by atoms with Crippen LogP contribution in [0.15, 0.2) is 41.2 Å². The van der Waals surface area contributed by atoms with Crippen LogP contribution in [0.2, 0.25) is 0 Å². The predicted molar refractivity (Wildman–Crippen MR) is 78.1 cm³/mol. The lowest BCUT2D eigenvalue weighted by atomic mass is 10.2. The number of thiazole rings is 1. The summed E-state index contributed by atoms with van der Waals surface area (Å²) >= 11 is 1.35. The van der Waals surface area contributed by atoms with Gasteiger partial charge in [-0.2, -0.15) is 0 Å². The largest absolute Gasteiger partial charge is 0.379 e. The smallest absolute Gasteiger partial charge is 0.273 e. The molecule has 0 saturated heterocycles. The summed E-state index contributed by atoms with van der Waals surface area (Å²) < 4.78 is 0. The standard InChI is InChI=1S/C15H14N2O2S/c1-2-13(18)9-17(8-12-6-4-3-5-7-12)15(19)14-10-20-11-16-14/h1,3-7,10-11,13,18H,8-9H2. The fourth-order valence-electron chi connectivity index (χ4n) is 1.76. The van der Waals surface area contributed by atoms with Gasteiger partial charge in [-0.3, -0.25) is 4.79 Å². The molecule has 0 aliphatic heterocycles. The summed E-state index contributed by atoms with van der Waals surface area (Å²) in [5.41, 5.74) is 2.95. The first-order valence-electron chi connectivity index (χ1n) is 6.06. The second-order valence-corrected chi connectivity index (χ2v) is 4.95. The molecule has 0 fully saturated rings. The average molecular weight is 286 g/mol. The minimum absolute atomic E-state index is 0.0851. The van der Waals surface area contributed by atoms with Gasteiger partial charge in [0.05, 0.1) is 12.1 Å². The monoisotopic (exact) mass is 286 g/mol. The number of benzene rings is 1. The van der Waals surface area contributed by atoms with Crippen LogP contribution in [0.4, 0.5) is 0 Å². The summed E-state index contributed by atoms with van der Waals surface area (Å²) in [4.78, 5) is 17.9. The van der Waals surface area contributed by atoms with Gasteiger partial charge in [-0.15, -0.1) is 17.8 Å². The van der Waals surface area contributed by atoms with Crippen molar-refractivity contribution in [2.75, 3.05) is 6.54 Å². The van der Waals surface area contributed by atoms with Gasteiger partial charge in [0.15, 0.2) is 0 Å². The Bertz CT molecular complexity index is 590. The van der Waals surface area contributed by atoms with Gasteiger partial charge in [0.2, 0.25) is 0 Å². The highest BCUT2D eigenvalue weighted by Crippen LogP contribution is 2.11. The van der Waals surface area contributed by atoms with Crippen LogP contribution in [-0.4, -0.2) is 33.5 Å². The summed E-state index contributed by atoms with van der Waals surface area (Å²) in [6.07, 6.45) is 4.20. The van der Waals surface area contributed by atoms with Gasteiger partial charge in [-0.25, -0.2) is 4.98 Å². The molecule has 0 bridgehead atoms. The SMILES string of the molecule is C#CC(O)CN(Cc1ccccc1)C(=O)c1cscn1. The molecule has 1 heterocycles. The third-order valence-electron chi connectivity index (χ3n) is 2.74. The van der Waals surface area contributed by atoms with Gasteiger partial charge >= 0.3 is 0 Å². The number of aliphatic hydroxyl groups excluding tert-OH is 1. The Balaban J connectivity index is 2.16. The number of hydrogen-bond donors (Lipinski definition) is 1. The summed E-state index contributed by atoms with van der Waals surface area (Å²) in [5, 5.41) is 11.3. The van der Waals surface area contributed by atoms with Crippen molar-refractivity contribution < 1.29 is 9.90 Å². The third kappa shape index (κ3) is 3.67. The second kappa shape index (κ2) is 6.85. The van der Waals surface area contributed by atoms with Gasteiger partial charge in [0, 0.05) is 11.9 Å². The summed E-state index contributed by atoms with van der Waals surface area (Å²) in [6, 6.07) is 9.55. The maximum atomic E-state index is 12.4. The van der Waals surface area contributed by atoms with E-state index in [-0.39, 0.29) is 12.5 Å². The Morgan fingerprint density at radius 1 is 1.45 bits per heavy atom. The van der Waals surface area contributed by atoms with Crippen molar-refractivity contribution in [3.63, 3.8) is 0 Å². The second-order valence-electron chi connectivity index (χ2n) is 4.23. The molecule has 1 atom stereocenters. The molecular weight excluding hydrogens is 272 g/mol. The summed E-state index contributed by atoms with van der Waals surface area (Å²) in [7, 11) is 0. The number of rotatable bonds is 5. The van der Waals surface area contributed by atoms with Crippen LogP contribution in [-0.2, 0) is 6.54 Å². The molecule has 5 heteroatoms. The lowest BCUT2D eigenvalue weighted by molar-refractivity contribution is 0.0663. The number of nitrogens with zero attached hydrogens (tertiary/aromatic N) is 2. The zero-order chi connectivity index (χ0) is 14.4. The van der Waals surface area contributed by atoms with Crippen molar-refractivity contribution in [1.29, 1.82) is 0 Å². The molecule has 2 rings (SSSR count). The fourth-order valence-corrected chi connectivity index (χ4v) is 2.29. The van der Waals surface area contributed by atoms with Crippen LogP contribution in [0.25, 0.3) is 0 Å². The highest BCUT2D eigenvalue weighted by atomic mass is 32.1. The van der Waals surface area contributed by atoms with E-state index in [1.807, 2.05) is 30.3 Å². The van der Waals surface area contributed by atoms with E-state index >= 15 is 0 Å².